The molecule has 1 aliphatic heterocycles. The summed E-state index contributed by atoms with van der Waals surface area (Å²) in [6, 6.07) is 28.1. The van der Waals surface area contributed by atoms with Crippen molar-refractivity contribution in [2.75, 3.05) is 0 Å². The third-order valence-electron chi connectivity index (χ3n) is 5.64. The van der Waals surface area contributed by atoms with Gasteiger partial charge in [0.1, 0.15) is 11.9 Å². The summed E-state index contributed by atoms with van der Waals surface area (Å²) in [5.74, 6) is 1.52. The summed E-state index contributed by atoms with van der Waals surface area (Å²) in [6.45, 7) is 4.48. The van der Waals surface area contributed by atoms with Crippen LogP contribution in [0.3, 0.4) is 0 Å². The van der Waals surface area contributed by atoms with Crippen LogP contribution in [0.15, 0.2) is 101 Å². The van der Waals surface area contributed by atoms with Gasteiger partial charge in [0.05, 0.1) is 10.1 Å². The first-order valence-corrected chi connectivity index (χ1v) is 11.1. The first kappa shape index (κ1) is 18.3. The van der Waals surface area contributed by atoms with E-state index in [1.165, 1.54) is 32.7 Å². The lowest BCUT2D eigenvalue weighted by Gasteiger charge is -2.30. The Morgan fingerprint density at radius 2 is 1.52 bits per heavy atom. The van der Waals surface area contributed by atoms with Gasteiger partial charge in [-0.3, -0.25) is 0 Å². The first-order chi connectivity index (χ1) is 14.2. The number of rotatable bonds is 3. The molecule has 0 radical (unpaired) electrons. The highest BCUT2D eigenvalue weighted by atomic mass is 32.2. The number of fused-ring (bicyclic) bond motifs is 2. The molecule has 3 aromatic rings. The molecule has 1 heterocycles. The summed E-state index contributed by atoms with van der Waals surface area (Å²) in [4.78, 5) is 1.25. The Kier molecular flexibility index (Phi) is 4.81. The minimum Gasteiger partial charge on any atom is -0.484 e. The van der Waals surface area contributed by atoms with E-state index in [1.54, 1.807) is 0 Å². The van der Waals surface area contributed by atoms with E-state index in [2.05, 4.69) is 105 Å². The van der Waals surface area contributed by atoms with Gasteiger partial charge in [-0.05, 0) is 52.0 Å². The van der Waals surface area contributed by atoms with Crippen molar-refractivity contribution in [2.45, 2.75) is 36.0 Å². The fourth-order valence-corrected chi connectivity index (χ4v) is 5.41. The fraction of sp³-hybridized carbons (Fsp3) is 0.185. The number of hydrogen-bond acceptors (Lipinski definition) is 2. The zero-order chi connectivity index (χ0) is 19.8. The van der Waals surface area contributed by atoms with E-state index in [0.717, 1.165) is 5.75 Å². The van der Waals surface area contributed by atoms with E-state index in [1.807, 2.05) is 11.8 Å². The maximum atomic E-state index is 6.40. The summed E-state index contributed by atoms with van der Waals surface area (Å²) in [6.07, 6.45) is 4.57. The predicted molar refractivity (Wildman–Crippen MR) is 123 cm³/mol. The first-order valence-electron chi connectivity index (χ1n) is 10.2. The molecule has 3 aromatic carbocycles. The minimum atomic E-state index is 0.0785. The average molecular weight is 397 g/mol. The van der Waals surface area contributed by atoms with Crippen LogP contribution in [0.1, 0.15) is 36.5 Å². The van der Waals surface area contributed by atoms with Crippen molar-refractivity contribution in [3.63, 3.8) is 0 Å². The fourth-order valence-electron chi connectivity index (χ4n) is 4.09. The Labute approximate surface area is 177 Å². The number of allylic oxidation sites excluding steroid dienone is 1. The SMILES string of the molecule is CC(C)c1ccc2c(c1)S[C@H]1C(=C(c3ccccc3)c3ccccc3)C=C[C@H]1O2. The Bertz CT molecular complexity index is 1040. The third kappa shape index (κ3) is 3.42. The standard InChI is InChI=1S/C27H24OS/c1-18(2)21-13-15-23-25(17-21)29-27-22(14-16-24(27)28-23)26(19-9-5-3-6-10-19)20-11-7-4-8-12-20/h3-18,24,27H,1-2H3/t24-,27+/m1/s1. The molecule has 2 atom stereocenters. The zero-order valence-electron chi connectivity index (χ0n) is 16.7. The monoisotopic (exact) mass is 396 g/mol. The molecule has 5 rings (SSSR count). The van der Waals surface area contributed by atoms with E-state index in [0.29, 0.717) is 5.92 Å². The van der Waals surface area contributed by atoms with Gasteiger partial charge in [-0.25, -0.2) is 0 Å². The molecule has 0 bridgehead atoms. The summed E-state index contributed by atoms with van der Waals surface area (Å²) < 4.78 is 6.40. The van der Waals surface area contributed by atoms with Gasteiger partial charge in [-0.1, -0.05) is 86.7 Å². The van der Waals surface area contributed by atoms with Crippen molar-refractivity contribution in [3.8, 4) is 5.75 Å². The average Bonchev–Trinajstić information content (AvgIpc) is 3.16. The second kappa shape index (κ2) is 7.61. The Morgan fingerprint density at radius 3 is 2.14 bits per heavy atom. The number of benzene rings is 3. The summed E-state index contributed by atoms with van der Waals surface area (Å²) in [7, 11) is 0. The van der Waals surface area contributed by atoms with Gasteiger partial charge in [0, 0.05) is 0 Å². The molecule has 0 fully saturated rings. The Morgan fingerprint density at radius 1 is 0.862 bits per heavy atom. The van der Waals surface area contributed by atoms with Gasteiger partial charge >= 0.3 is 0 Å². The van der Waals surface area contributed by atoms with Crippen molar-refractivity contribution >= 4 is 17.3 Å². The van der Waals surface area contributed by atoms with Crippen LogP contribution in [0.5, 0.6) is 5.75 Å². The minimum absolute atomic E-state index is 0.0785. The van der Waals surface area contributed by atoms with Crippen LogP contribution < -0.4 is 4.74 Å². The molecule has 1 aliphatic carbocycles. The smallest absolute Gasteiger partial charge is 0.133 e. The molecule has 0 aromatic heterocycles. The van der Waals surface area contributed by atoms with Crippen LogP contribution in [0.4, 0.5) is 0 Å². The van der Waals surface area contributed by atoms with E-state index < -0.39 is 0 Å². The van der Waals surface area contributed by atoms with E-state index in [4.69, 9.17) is 4.74 Å². The van der Waals surface area contributed by atoms with Gasteiger partial charge < -0.3 is 4.74 Å². The molecule has 0 N–H and O–H groups in total. The molecule has 144 valence electrons. The van der Waals surface area contributed by atoms with Crippen molar-refractivity contribution in [2.24, 2.45) is 0 Å². The molecule has 1 nitrogen and oxygen atoms in total. The molecule has 0 saturated carbocycles. The maximum absolute atomic E-state index is 6.40. The van der Waals surface area contributed by atoms with Crippen molar-refractivity contribution in [1.29, 1.82) is 0 Å². The molecule has 0 unspecified atom stereocenters. The molecule has 2 heteroatoms. The second-order valence-corrected chi connectivity index (χ2v) is 9.09. The lowest BCUT2D eigenvalue weighted by molar-refractivity contribution is 0.248. The van der Waals surface area contributed by atoms with Crippen LogP contribution >= 0.6 is 11.8 Å². The predicted octanol–water partition coefficient (Wildman–Crippen LogP) is 7.10. The molecule has 0 saturated heterocycles. The lowest BCUT2D eigenvalue weighted by atomic mass is 9.92. The van der Waals surface area contributed by atoms with E-state index >= 15 is 0 Å². The van der Waals surface area contributed by atoms with Crippen LogP contribution in [0.25, 0.3) is 5.57 Å². The third-order valence-corrected chi connectivity index (χ3v) is 6.98. The van der Waals surface area contributed by atoms with Crippen molar-refractivity contribution in [3.05, 3.63) is 113 Å². The van der Waals surface area contributed by atoms with Crippen molar-refractivity contribution < 1.29 is 4.74 Å². The van der Waals surface area contributed by atoms with Crippen LogP contribution in [-0.4, -0.2) is 11.4 Å². The highest BCUT2D eigenvalue weighted by Crippen LogP contribution is 2.48. The summed E-state index contributed by atoms with van der Waals surface area (Å²) >= 11 is 1.94. The quantitative estimate of drug-likeness (QED) is 0.467. The lowest BCUT2D eigenvalue weighted by Crippen LogP contribution is -2.28. The van der Waals surface area contributed by atoms with E-state index in [9.17, 15) is 0 Å². The second-order valence-electron chi connectivity index (χ2n) is 7.90. The van der Waals surface area contributed by atoms with Crippen LogP contribution in [0.2, 0.25) is 0 Å². The molecule has 29 heavy (non-hydrogen) atoms. The molecule has 2 aliphatic rings. The largest absolute Gasteiger partial charge is 0.484 e. The van der Waals surface area contributed by atoms with Crippen molar-refractivity contribution in [1.82, 2.24) is 0 Å². The zero-order valence-corrected chi connectivity index (χ0v) is 17.5. The van der Waals surface area contributed by atoms with Gasteiger partial charge in [0.2, 0.25) is 0 Å². The van der Waals surface area contributed by atoms with Gasteiger partial charge in [0.25, 0.3) is 0 Å². The molecule has 0 spiro atoms. The summed E-state index contributed by atoms with van der Waals surface area (Å²) in [5, 5.41) is 0.264. The molecular weight excluding hydrogens is 372 g/mol. The normalized spacial score (nSPS) is 19.6. The topological polar surface area (TPSA) is 9.23 Å². The maximum Gasteiger partial charge on any atom is 0.133 e. The number of thioether (sulfide) groups is 1. The molecule has 0 amide bonds. The Balaban J connectivity index is 1.62. The number of hydrogen-bond donors (Lipinski definition) is 0. The van der Waals surface area contributed by atoms with Crippen LogP contribution in [0, 0.1) is 0 Å². The van der Waals surface area contributed by atoms with Gasteiger partial charge in [-0.15, -0.1) is 11.8 Å². The van der Waals surface area contributed by atoms with Gasteiger partial charge in [0.15, 0.2) is 0 Å². The summed E-state index contributed by atoms with van der Waals surface area (Å²) in [5.41, 5.74) is 6.51. The number of ether oxygens (including phenoxy) is 1. The van der Waals surface area contributed by atoms with Gasteiger partial charge in [-0.2, -0.15) is 0 Å². The van der Waals surface area contributed by atoms with Crippen LogP contribution in [-0.2, 0) is 0 Å². The molecular formula is C27H24OS. The van der Waals surface area contributed by atoms with E-state index in [-0.39, 0.29) is 11.4 Å². The highest BCUT2D eigenvalue weighted by Gasteiger charge is 2.36. The Hall–Kier alpha value is -2.71. The highest BCUT2D eigenvalue weighted by molar-refractivity contribution is 8.00.